The third kappa shape index (κ3) is 5.54. The summed E-state index contributed by atoms with van der Waals surface area (Å²) in [4.78, 5) is 0. The summed E-state index contributed by atoms with van der Waals surface area (Å²) in [6.45, 7) is 2.34. The van der Waals surface area contributed by atoms with Crippen molar-refractivity contribution in [3.8, 4) is 0 Å². The molecule has 0 aromatic rings. The van der Waals surface area contributed by atoms with Gasteiger partial charge in [-0.2, -0.15) is 0 Å². The van der Waals surface area contributed by atoms with Crippen LogP contribution >= 0.6 is 0 Å². The van der Waals surface area contributed by atoms with Crippen molar-refractivity contribution in [1.82, 2.24) is 10.6 Å². The van der Waals surface area contributed by atoms with Crippen LogP contribution in [0.1, 0.15) is 19.3 Å². The standard InChI is InChI=1S/C8H19N3O2S/c9-14(12,13)6-5-10-7-8-3-1-2-4-11-8/h8,10-11H,1-7H2,(H2,9,12,13). The van der Waals surface area contributed by atoms with Gasteiger partial charge in [-0.25, -0.2) is 13.6 Å². The molecule has 4 N–H and O–H groups in total. The second-order valence-electron chi connectivity index (χ2n) is 3.72. The van der Waals surface area contributed by atoms with Gasteiger partial charge in [0.15, 0.2) is 0 Å². The molecule has 0 aromatic carbocycles. The maximum atomic E-state index is 10.6. The Hall–Kier alpha value is -0.170. The number of primary sulfonamides is 1. The summed E-state index contributed by atoms with van der Waals surface area (Å²) in [5, 5.41) is 11.3. The highest BCUT2D eigenvalue weighted by Crippen LogP contribution is 2.05. The molecular formula is C8H19N3O2S. The van der Waals surface area contributed by atoms with Crippen LogP contribution in [0, 0.1) is 0 Å². The van der Waals surface area contributed by atoms with Crippen molar-refractivity contribution in [1.29, 1.82) is 0 Å². The first-order chi connectivity index (χ1) is 6.58. The lowest BCUT2D eigenvalue weighted by Gasteiger charge is -2.23. The van der Waals surface area contributed by atoms with Gasteiger partial charge in [-0.3, -0.25) is 0 Å². The van der Waals surface area contributed by atoms with Crippen LogP contribution in [0.25, 0.3) is 0 Å². The van der Waals surface area contributed by atoms with Crippen molar-refractivity contribution < 1.29 is 8.42 Å². The molecule has 1 heterocycles. The van der Waals surface area contributed by atoms with E-state index >= 15 is 0 Å². The fourth-order valence-electron chi connectivity index (χ4n) is 1.59. The number of rotatable bonds is 5. The summed E-state index contributed by atoms with van der Waals surface area (Å²) in [6.07, 6.45) is 3.67. The zero-order valence-electron chi connectivity index (χ0n) is 8.33. The van der Waals surface area contributed by atoms with Gasteiger partial charge in [0.1, 0.15) is 0 Å². The Balaban J connectivity index is 2.03. The number of hydrogen-bond acceptors (Lipinski definition) is 4. The molecule has 1 aliphatic rings. The van der Waals surface area contributed by atoms with Gasteiger partial charge in [0.05, 0.1) is 5.75 Å². The highest BCUT2D eigenvalue weighted by atomic mass is 32.2. The van der Waals surface area contributed by atoms with E-state index in [1.807, 2.05) is 0 Å². The summed E-state index contributed by atoms with van der Waals surface area (Å²) in [5.74, 6) is 0.0136. The zero-order valence-corrected chi connectivity index (χ0v) is 9.15. The van der Waals surface area contributed by atoms with E-state index in [9.17, 15) is 8.42 Å². The molecular weight excluding hydrogens is 202 g/mol. The van der Waals surface area contributed by atoms with Gasteiger partial charge in [0, 0.05) is 19.1 Å². The average Bonchev–Trinajstić information content (AvgIpc) is 2.13. The predicted octanol–water partition coefficient (Wildman–Crippen LogP) is -0.993. The van der Waals surface area contributed by atoms with Gasteiger partial charge >= 0.3 is 0 Å². The van der Waals surface area contributed by atoms with Crippen molar-refractivity contribution in [2.75, 3.05) is 25.4 Å². The summed E-state index contributed by atoms with van der Waals surface area (Å²) >= 11 is 0. The van der Waals surface area contributed by atoms with Crippen molar-refractivity contribution >= 4 is 10.0 Å². The van der Waals surface area contributed by atoms with Crippen molar-refractivity contribution in [2.45, 2.75) is 25.3 Å². The summed E-state index contributed by atoms with van der Waals surface area (Å²) in [6, 6.07) is 0.490. The van der Waals surface area contributed by atoms with Crippen molar-refractivity contribution in [3.63, 3.8) is 0 Å². The smallest absolute Gasteiger partial charge is 0.210 e. The van der Waals surface area contributed by atoms with Crippen LogP contribution < -0.4 is 15.8 Å². The monoisotopic (exact) mass is 221 g/mol. The van der Waals surface area contributed by atoms with Crippen LogP contribution in [0.5, 0.6) is 0 Å². The van der Waals surface area contributed by atoms with Gasteiger partial charge in [-0.05, 0) is 19.4 Å². The van der Waals surface area contributed by atoms with E-state index in [2.05, 4.69) is 10.6 Å². The van der Waals surface area contributed by atoms with Gasteiger partial charge < -0.3 is 10.6 Å². The molecule has 1 rings (SSSR count). The molecule has 0 aromatic heterocycles. The first-order valence-corrected chi connectivity index (χ1v) is 6.74. The van der Waals surface area contributed by atoms with Gasteiger partial charge in [0.25, 0.3) is 0 Å². The van der Waals surface area contributed by atoms with E-state index in [0.717, 1.165) is 13.1 Å². The molecule has 1 fully saturated rings. The van der Waals surface area contributed by atoms with Crippen LogP contribution in [-0.2, 0) is 10.0 Å². The fourth-order valence-corrected chi connectivity index (χ4v) is 2.02. The highest BCUT2D eigenvalue weighted by Gasteiger charge is 2.11. The van der Waals surface area contributed by atoms with Crippen molar-refractivity contribution in [3.05, 3.63) is 0 Å². The Morgan fingerprint density at radius 1 is 1.43 bits per heavy atom. The van der Waals surface area contributed by atoms with Gasteiger partial charge in [0.2, 0.25) is 10.0 Å². The van der Waals surface area contributed by atoms with E-state index in [1.165, 1.54) is 19.3 Å². The van der Waals surface area contributed by atoms with Gasteiger partial charge in [-0.15, -0.1) is 0 Å². The Kier molecular flexibility index (Phi) is 4.80. The summed E-state index contributed by atoms with van der Waals surface area (Å²) in [7, 11) is -3.31. The molecule has 84 valence electrons. The molecule has 0 saturated carbocycles. The number of piperidine rings is 1. The molecule has 0 radical (unpaired) electrons. The topological polar surface area (TPSA) is 84.2 Å². The Morgan fingerprint density at radius 2 is 2.21 bits per heavy atom. The molecule has 5 nitrogen and oxygen atoms in total. The SMILES string of the molecule is NS(=O)(=O)CCNCC1CCCCN1. The van der Waals surface area contributed by atoms with Crippen LogP contribution in [0.2, 0.25) is 0 Å². The van der Waals surface area contributed by atoms with E-state index in [-0.39, 0.29) is 5.75 Å². The quantitative estimate of drug-likeness (QED) is 0.520. The minimum atomic E-state index is -3.31. The van der Waals surface area contributed by atoms with Crippen LogP contribution in [0.3, 0.4) is 0 Å². The molecule has 0 aliphatic carbocycles. The lowest BCUT2D eigenvalue weighted by atomic mass is 10.1. The summed E-state index contributed by atoms with van der Waals surface area (Å²) in [5.41, 5.74) is 0. The molecule has 0 bridgehead atoms. The highest BCUT2D eigenvalue weighted by molar-refractivity contribution is 7.89. The van der Waals surface area contributed by atoms with Crippen LogP contribution in [0.15, 0.2) is 0 Å². The second kappa shape index (κ2) is 5.65. The van der Waals surface area contributed by atoms with E-state index < -0.39 is 10.0 Å². The molecule has 0 amide bonds. The third-order valence-electron chi connectivity index (χ3n) is 2.37. The van der Waals surface area contributed by atoms with E-state index in [1.54, 1.807) is 0 Å². The van der Waals surface area contributed by atoms with Gasteiger partial charge in [-0.1, -0.05) is 6.42 Å². The summed E-state index contributed by atoms with van der Waals surface area (Å²) < 4.78 is 21.2. The first-order valence-electron chi connectivity index (χ1n) is 5.02. The lowest BCUT2D eigenvalue weighted by molar-refractivity contribution is 0.386. The Labute approximate surface area is 85.5 Å². The normalized spacial score (nSPS) is 23.6. The lowest BCUT2D eigenvalue weighted by Crippen LogP contribution is -2.43. The molecule has 1 unspecified atom stereocenters. The largest absolute Gasteiger partial charge is 0.314 e. The fraction of sp³-hybridized carbons (Fsp3) is 1.00. The number of hydrogen-bond donors (Lipinski definition) is 3. The van der Waals surface area contributed by atoms with Crippen LogP contribution in [-0.4, -0.2) is 39.8 Å². The molecule has 14 heavy (non-hydrogen) atoms. The molecule has 1 aliphatic heterocycles. The average molecular weight is 221 g/mol. The maximum Gasteiger partial charge on any atom is 0.210 e. The Morgan fingerprint density at radius 3 is 2.79 bits per heavy atom. The second-order valence-corrected chi connectivity index (χ2v) is 5.45. The van der Waals surface area contributed by atoms with E-state index in [0.29, 0.717) is 12.6 Å². The molecule has 1 atom stereocenters. The predicted molar refractivity (Wildman–Crippen MR) is 56.5 cm³/mol. The molecule has 1 saturated heterocycles. The molecule has 6 heteroatoms. The van der Waals surface area contributed by atoms with Crippen molar-refractivity contribution in [2.24, 2.45) is 5.14 Å². The van der Waals surface area contributed by atoms with Crippen LogP contribution in [0.4, 0.5) is 0 Å². The zero-order chi connectivity index (χ0) is 10.4. The number of nitrogens with two attached hydrogens (primary N) is 1. The molecule has 0 spiro atoms. The minimum Gasteiger partial charge on any atom is -0.314 e. The van der Waals surface area contributed by atoms with E-state index in [4.69, 9.17) is 5.14 Å². The Bertz CT molecular complexity index is 247. The minimum absolute atomic E-state index is 0.0136. The number of sulfonamides is 1. The third-order valence-corrected chi connectivity index (χ3v) is 3.14. The maximum absolute atomic E-state index is 10.6. The first kappa shape index (κ1) is 11.9. The number of nitrogens with one attached hydrogen (secondary N) is 2.